The summed E-state index contributed by atoms with van der Waals surface area (Å²) in [5.41, 5.74) is -1.22. The van der Waals surface area contributed by atoms with Crippen LogP contribution in [0.5, 0.6) is 0 Å². The highest BCUT2D eigenvalue weighted by molar-refractivity contribution is 7.09. The summed E-state index contributed by atoms with van der Waals surface area (Å²) in [6.45, 7) is 3.62. The molecule has 0 bridgehead atoms. The summed E-state index contributed by atoms with van der Waals surface area (Å²) in [4.78, 5) is 15.1. The number of thiazole rings is 1. The van der Waals surface area contributed by atoms with Crippen LogP contribution in [0.1, 0.15) is 25.3 Å². The van der Waals surface area contributed by atoms with E-state index < -0.39 is 11.6 Å². The van der Waals surface area contributed by atoms with Crippen LogP contribution in [0, 0.1) is 0 Å². The van der Waals surface area contributed by atoms with Gasteiger partial charge in [0.05, 0.1) is 13.0 Å². The molecule has 1 atom stereocenters. The quantitative estimate of drug-likeness (QED) is 0.769. The molecule has 0 aliphatic heterocycles. The molecule has 0 aliphatic carbocycles. The van der Waals surface area contributed by atoms with Crippen LogP contribution in [0.25, 0.3) is 0 Å². The zero-order valence-corrected chi connectivity index (χ0v) is 9.00. The van der Waals surface area contributed by atoms with E-state index in [1.807, 2.05) is 0 Å². The summed E-state index contributed by atoms with van der Waals surface area (Å²) in [6, 6.07) is 0. The standard InChI is InChI=1S/C9H13NO3S/c1-3-13-7(11)6-9(2,12)8-10-4-5-14-8/h4-5,12H,3,6H2,1-2H3. The summed E-state index contributed by atoms with van der Waals surface area (Å²) in [5.74, 6) is -0.410. The molecule has 5 heteroatoms. The SMILES string of the molecule is CCOC(=O)CC(C)(O)c1nccs1. The zero-order valence-electron chi connectivity index (χ0n) is 8.19. The van der Waals surface area contributed by atoms with Crippen molar-refractivity contribution in [2.75, 3.05) is 6.61 Å². The monoisotopic (exact) mass is 215 g/mol. The number of ether oxygens (including phenoxy) is 1. The Kier molecular flexibility index (Phi) is 3.60. The van der Waals surface area contributed by atoms with Crippen LogP contribution >= 0.6 is 11.3 Å². The van der Waals surface area contributed by atoms with Gasteiger partial charge in [-0.25, -0.2) is 4.98 Å². The average Bonchev–Trinajstić information content (AvgIpc) is 2.54. The first-order valence-corrected chi connectivity index (χ1v) is 5.22. The van der Waals surface area contributed by atoms with E-state index >= 15 is 0 Å². The molecule has 4 nitrogen and oxygen atoms in total. The normalized spacial score (nSPS) is 14.8. The van der Waals surface area contributed by atoms with Gasteiger partial charge < -0.3 is 9.84 Å². The van der Waals surface area contributed by atoms with E-state index in [1.165, 1.54) is 11.3 Å². The number of carbonyl (C=O) groups is 1. The van der Waals surface area contributed by atoms with Crippen LogP contribution in [0.4, 0.5) is 0 Å². The maximum atomic E-state index is 11.1. The number of carbonyl (C=O) groups excluding carboxylic acids is 1. The topological polar surface area (TPSA) is 59.4 Å². The maximum absolute atomic E-state index is 11.1. The molecule has 0 spiro atoms. The van der Waals surface area contributed by atoms with Crippen LogP contribution in [0.2, 0.25) is 0 Å². The Balaban J connectivity index is 2.63. The summed E-state index contributed by atoms with van der Waals surface area (Å²) >= 11 is 1.32. The molecule has 0 saturated carbocycles. The molecule has 1 aromatic rings. The lowest BCUT2D eigenvalue weighted by Gasteiger charge is -2.18. The van der Waals surface area contributed by atoms with Crippen LogP contribution < -0.4 is 0 Å². The lowest BCUT2D eigenvalue weighted by molar-refractivity contribution is -0.148. The Morgan fingerprint density at radius 1 is 1.79 bits per heavy atom. The van der Waals surface area contributed by atoms with Crippen molar-refractivity contribution >= 4 is 17.3 Å². The second kappa shape index (κ2) is 4.52. The van der Waals surface area contributed by atoms with Crippen molar-refractivity contribution in [3.8, 4) is 0 Å². The van der Waals surface area contributed by atoms with Gasteiger partial charge in [-0.3, -0.25) is 4.79 Å². The smallest absolute Gasteiger partial charge is 0.309 e. The van der Waals surface area contributed by atoms with Crippen LogP contribution in [0.3, 0.4) is 0 Å². The van der Waals surface area contributed by atoms with Crippen molar-refractivity contribution in [2.45, 2.75) is 25.9 Å². The molecule has 0 fully saturated rings. The Labute approximate surface area is 86.6 Å². The molecule has 1 heterocycles. The van der Waals surface area contributed by atoms with E-state index in [1.54, 1.807) is 25.4 Å². The fraction of sp³-hybridized carbons (Fsp3) is 0.556. The van der Waals surface area contributed by atoms with Gasteiger partial charge in [-0.15, -0.1) is 11.3 Å². The van der Waals surface area contributed by atoms with Crippen molar-refractivity contribution in [1.29, 1.82) is 0 Å². The molecule has 0 aromatic carbocycles. The number of hydrogen-bond donors (Lipinski definition) is 1. The van der Waals surface area contributed by atoms with E-state index in [2.05, 4.69) is 4.98 Å². The largest absolute Gasteiger partial charge is 0.466 e. The third kappa shape index (κ3) is 2.78. The van der Waals surface area contributed by atoms with Gasteiger partial charge in [-0.1, -0.05) is 0 Å². The number of aromatic nitrogens is 1. The van der Waals surface area contributed by atoms with Gasteiger partial charge in [-0.05, 0) is 13.8 Å². The Morgan fingerprint density at radius 3 is 3.00 bits per heavy atom. The Bertz CT molecular complexity index is 295. The molecule has 1 unspecified atom stereocenters. The number of rotatable bonds is 4. The van der Waals surface area contributed by atoms with Crippen molar-refractivity contribution in [1.82, 2.24) is 4.98 Å². The minimum absolute atomic E-state index is 0.0612. The zero-order chi connectivity index (χ0) is 10.6. The maximum Gasteiger partial charge on any atom is 0.309 e. The van der Waals surface area contributed by atoms with Crippen LogP contribution in [-0.4, -0.2) is 22.7 Å². The first-order chi connectivity index (χ1) is 6.56. The Hall–Kier alpha value is -0.940. The summed E-state index contributed by atoms with van der Waals surface area (Å²) in [7, 11) is 0. The van der Waals surface area contributed by atoms with Crippen LogP contribution in [0.15, 0.2) is 11.6 Å². The fourth-order valence-electron chi connectivity index (χ4n) is 1.06. The first kappa shape index (κ1) is 11.1. The molecule has 0 radical (unpaired) electrons. The molecule has 14 heavy (non-hydrogen) atoms. The molecule has 78 valence electrons. The fourth-order valence-corrected chi connectivity index (χ4v) is 1.76. The highest BCUT2D eigenvalue weighted by atomic mass is 32.1. The third-order valence-electron chi connectivity index (χ3n) is 1.69. The van der Waals surface area contributed by atoms with Gasteiger partial charge in [0.15, 0.2) is 0 Å². The number of nitrogens with zero attached hydrogens (tertiary/aromatic N) is 1. The third-order valence-corrected chi connectivity index (χ3v) is 2.71. The highest BCUT2D eigenvalue weighted by Gasteiger charge is 2.29. The second-order valence-corrected chi connectivity index (χ2v) is 3.99. The summed E-state index contributed by atoms with van der Waals surface area (Å²) in [5, 5.41) is 12.2. The number of esters is 1. The Morgan fingerprint density at radius 2 is 2.50 bits per heavy atom. The van der Waals surface area contributed by atoms with Crippen molar-refractivity contribution in [3.63, 3.8) is 0 Å². The summed E-state index contributed by atoms with van der Waals surface area (Å²) in [6.07, 6.45) is 1.54. The number of hydrogen-bond acceptors (Lipinski definition) is 5. The van der Waals surface area contributed by atoms with E-state index in [0.717, 1.165) is 0 Å². The second-order valence-electron chi connectivity index (χ2n) is 3.09. The van der Waals surface area contributed by atoms with E-state index in [0.29, 0.717) is 11.6 Å². The molecule has 0 amide bonds. The first-order valence-electron chi connectivity index (χ1n) is 4.34. The number of aliphatic hydroxyl groups is 1. The molecule has 1 rings (SSSR count). The predicted molar refractivity (Wildman–Crippen MR) is 52.9 cm³/mol. The minimum atomic E-state index is -1.22. The minimum Gasteiger partial charge on any atom is -0.466 e. The average molecular weight is 215 g/mol. The molecule has 1 aromatic heterocycles. The lowest BCUT2D eigenvalue weighted by Crippen LogP contribution is -2.26. The highest BCUT2D eigenvalue weighted by Crippen LogP contribution is 2.26. The molecule has 0 saturated heterocycles. The summed E-state index contributed by atoms with van der Waals surface area (Å²) < 4.78 is 4.75. The van der Waals surface area contributed by atoms with Gasteiger partial charge in [0, 0.05) is 11.6 Å². The van der Waals surface area contributed by atoms with E-state index in [9.17, 15) is 9.90 Å². The molecule has 1 N–H and O–H groups in total. The van der Waals surface area contributed by atoms with Gasteiger partial charge >= 0.3 is 5.97 Å². The van der Waals surface area contributed by atoms with Crippen molar-refractivity contribution in [3.05, 3.63) is 16.6 Å². The van der Waals surface area contributed by atoms with Gasteiger partial charge in [0.25, 0.3) is 0 Å². The van der Waals surface area contributed by atoms with Crippen LogP contribution in [-0.2, 0) is 15.1 Å². The van der Waals surface area contributed by atoms with Crippen molar-refractivity contribution in [2.24, 2.45) is 0 Å². The van der Waals surface area contributed by atoms with Crippen molar-refractivity contribution < 1.29 is 14.6 Å². The van der Waals surface area contributed by atoms with E-state index in [4.69, 9.17) is 4.74 Å². The molecule has 0 aliphatic rings. The van der Waals surface area contributed by atoms with E-state index in [-0.39, 0.29) is 6.42 Å². The van der Waals surface area contributed by atoms with Gasteiger partial charge in [0.2, 0.25) is 0 Å². The molecular weight excluding hydrogens is 202 g/mol. The predicted octanol–water partition coefficient (Wildman–Crippen LogP) is 1.30. The van der Waals surface area contributed by atoms with Gasteiger partial charge in [-0.2, -0.15) is 0 Å². The lowest BCUT2D eigenvalue weighted by atomic mass is 10.0. The van der Waals surface area contributed by atoms with Gasteiger partial charge in [0.1, 0.15) is 10.6 Å². The molecular formula is C9H13NO3S.